The zero-order valence-electron chi connectivity index (χ0n) is 9.40. The molecule has 2 nitrogen and oxygen atoms in total. The fourth-order valence-corrected chi connectivity index (χ4v) is 1.28. The third-order valence-corrected chi connectivity index (χ3v) is 2.80. The van der Waals surface area contributed by atoms with E-state index < -0.39 is 42.9 Å². The van der Waals surface area contributed by atoms with Crippen LogP contribution in [0.2, 0.25) is 0 Å². The van der Waals surface area contributed by atoms with E-state index in [1.54, 1.807) is 0 Å². The van der Waals surface area contributed by atoms with E-state index in [1.807, 2.05) is 0 Å². The third-order valence-electron chi connectivity index (χ3n) is 2.80. The lowest BCUT2D eigenvalue weighted by Crippen LogP contribution is -2.63. The fourth-order valence-electron chi connectivity index (χ4n) is 1.28. The Morgan fingerprint density at radius 3 is 2.00 bits per heavy atom. The van der Waals surface area contributed by atoms with Crippen molar-refractivity contribution in [1.29, 1.82) is 0 Å². The van der Waals surface area contributed by atoms with Gasteiger partial charge in [0.25, 0.3) is 6.43 Å². The van der Waals surface area contributed by atoms with Crippen LogP contribution in [0.4, 0.5) is 30.7 Å². The van der Waals surface area contributed by atoms with Crippen molar-refractivity contribution < 1.29 is 40.2 Å². The minimum Gasteiger partial charge on any atom is -0.372 e. The van der Waals surface area contributed by atoms with Crippen molar-refractivity contribution >= 4 is 0 Å². The summed E-state index contributed by atoms with van der Waals surface area (Å²) in [5.41, 5.74) is -1.77. The highest BCUT2D eigenvalue weighted by atomic mass is 19.3. The molecule has 0 aromatic rings. The summed E-state index contributed by atoms with van der Waals surface area (Å²) in [7, 11) is 0. The molecule has 0 radical (unpaired) electrons. The zero-order chi connectivity index (χ0) is 14.4. The van der Waals surface area contributed by atoms with E-state index in [-0.39, 0.29) is 0 Å². The van der Waals surface area contributed by atoms with Crippen molar-refractivity contribution in [2.75, 3.05) is 6.61 Å². The van der Waals surface area contributed by atoms with Gasteiger partial charge in [-0.05, 0) is 13.8 Å². The van der Waals surface area contributed by atoms with Gasteiger partial charge in [0.2, 0.25) is 6.17 Å². The first-order valence-corrected chi connectivity index (χ1v) is 4.93. The van der Waals surface area contributed by atoms with Crippen LogP contribution in [0.15, 0.2) is 0 Å². The Hall–Kier alpha value is -0.570. The molecule has 1 aliphatic rings. The van der Waals surface area contributed by atoms with E-state index in [0.717, 1.165) is 6.92 Å². The van der Waals surface area contributed by atoms with Crippen molar-refractivity contribution in [2.24, 2.45) is 0 Å². The summed E-state index contributed by atoms with van der Waals surface area (Å²) in [6.45, 7) is 1.91. The first kappa shape index (κ1) is 15.5. The van der Waals surface area contributed by atoms with Crippen molar-refractivity contribution in [3.63, 3.8) is 0 Å². The maximum atomic E-state index is 13.1. The molecule has 1 rings (SSSR count). The molecular formula is C9H11F7O2. The number of alkyl halides is 7. The average Bonchev–Trinajstić information content (AvgIpc) is 2.24. The molecule has 0 aromatic heterocycles. The smallest absolute Gasteiger partial charge is 0.372 e. The highest BCUT2D eigenvalue weighted by Gasteiger charge is 2.69. The summed E-state index contributed by atoms with van der Waals surface area (Å²) in [4.78, 5) is 0. The standard InChI is InChI=1S/C9H11F7O2/c1-4-7(2,3-17-4)18-9(15,16)8(13,14)5(10)6(11)12/h4-6H,3H2,1-2H3. The van der Waals surface area contributed by atoms with Crippen LogP contribution in [0.5, 0.6) is 0 Å². The molecule has 0 bridgehead atoms. The summed E-state index contributed by atoms with van der Waals surface area (Å²) in [6, 6.07) is 0. The van der Waals surface area contributed by atoms with Crippen molar-refractivity contribution in [3.05, 3.63) is 0 Å². The summed E-state index contributed by atoms with van der Waals surface area (Å²) in [5.74, 6) is -5.63. The lowest BCUT2D eigenvalue weighted by molar-refractivity contribution is -0.427. The Morgan fingerprint density at radius 1 is 1.22 bits per heavy atom. The molecule has 1 heterocycles. The van der Waals surface area contributed by atoms with Crippen molar-refractivity contribution in [1.82, 2.24) is 0 Å². The van der Waals surface area contributed by atoms with Crippen LogP contribution < -0.4 is 0 Å². The van der Waals surface area contributed by atoms with Gasteiger partial charge >= 0.3 is 12.0 Å². The summed E-state index contributed by atoms with van der Waals surface area (Å²) in [5, 5.41) is 0. The van der Waals surface area contributed by atoms with Crippen LogP contribution in [0.3, 0.4) is 0 Å². The maximum Gasteiger partial charge on any atom is 0.423 e. The van der Waals surface area contributed by atoms with Crippen molar-refractivity contribution in [2.45, 2.75) is 50.2 Å². The molecular weight excluding hydrogens is 273 g/mol. The van der Waals surface area contributed by atoms with Gasteiger partial charge in [-0.1, -0.05) is 0 Å². The minimum atomic E-state index is -5.63. The zero-order valence-corrected chi connectivity index (χ0v) is 9.40. The molecule has 1 fully saturated rings. The Balaban J connectivity index is 2.85. The highest BCUT2D eigenvalue weighted by molar-refractivity contribution is 4.95. The molecule has 18 heavy (non-hydrogen) atoms. The van der Waals surface area contributed by atoms with Crippen molar-refractivity contribution in [3.8, 4) is 0 Å². The second kappa shape index (κ2) is 4.52. The molecule has 1 saturated heterocycles. The molecule has 108 valence electrons. The van der Waals surface area contributed by atoms with Crippen LogP contribution in [-0.4, -0.2) is 42.9 Å². The van der Waals surface area contributed by atoms with E-state index in [1.165, 1.54) is 6.92 Å². The lowest BCUT2D eigenvalue weighted by Gasteiger charge is -2.47. The number of halogens is 7. The fraction of sp³-hybridized carbons (Fsp3) is 1.00. The van der Waals surface area contributed by atoms with Gasteiger partial charge in [-0.2, -0.15) is 17.6 Å². The van der Waals surface area contributed by atoms with Gasteiger partial charge in [-0.3, -0.25) is 0 Å². The largest absolute Gasteiger partial charge is 0.423 e. The number of rotatable bonds is 5. The second-order valence-corrected chi connectivity index (χ2v) is 4.24. The number of hydrogen-bond donors (Lipinski definition) is 0. The van der Waals surface area contributed by atoms with E-state index >= 15 is 0 Å². The summed E-state index contributed by atoms with van der Waals surface area (Å²) >= 11 is 0. The van der Waals surface area contributed by atoms with Crippen LogP contribution in [0.1, 0.15) is 13.8 Å². The van der Waals surface area contributed by atoms with Crippen LogP contribution >= 0.6 is 0 Å². The van der Waals surface area contributed by atoms with E-state index in [9.17, 15) is 30.7 Å². The molecule has 1 aliphatic heterocycles. The van der Waals surface area contributed by atoms with Gasteiger partial charge in [-0.25, -0.2) is 13.2 Å². The second-order valence-electron chi connectivity index (χ2n) is 4.24. The van der Waals surface area contributed by atoms with E-state index in [2.05, 4.69) is 9.47 Å². The quantitative estimate of drug-likeness (QED) is 0.722. The first-order valence-electron chi connectivity index (χ1n) is 4.93. The molecule has 0 aromatic carbocycles. The molecule has 0 amide bonds. The topological polar surface area (TPSA) is 18.5 Å². The van der Waals surface area contributed by atoms with Gasteiger partial charge in [0, 0.05) is 0 Å². The Morgan fingerprint density at radius 2 is 1.72 bits per heavy atom. The molecule has 0 saturated carbocycles. The average molecular weight is 284 g/mol. The molecule has 0 spiro atoms. The molecule has 0 aliphatic carbocycles. The highest BCUT2D eigenvalue weighted by Crippen LogP contribution is 2.45. The predicted octanol–water partition coefficient (Wildman–Crippen LogP) is 3.01. The number of hydrogen-bond acceptors (Lipinski definition) is 2. The summed E-state index contributed by atoms with van der Waals surface area (Å²) in [6.07, 6.45) is -14.8. The Bertz CT molecular complexity index is 309. The predicted molar refractivity (Wildman–Crippen MR) is 45.7 cm³/mol. The number of ether oxygens (including phenoxy) is 2. The molecule has 3 unspecified atom stereocenters. The van der Waals surface area contributed by atoms with E-state index in [4.69, 9.17) is 0 Å². The molecule has 3 atom stereocenters. The van der Waals surface area contributed by atoms with Gasteiger partial charge in [0.05, 0.1) is 12.7 Å². The normalized spacial score (nSPS) is 31.3. The van der Waals surface area contributed by atoms with Gasteiger partial charge in [-0.15, -0.1) is 0 Å². The molecule has 0 N–H and O–H groups in total. The minimum absolute atomic E-state index is 0.411. The van der Waals surface area contributed by atoms with Crippen LogP contribution in [-0.2, 0) is 9.47 Å². The first-order chi connectivity index (χ1) is 7.94. The van der Waals surface area contributed by atoms with Gasteiger partial charge < -0.3 is 9.47 Å². The maximum absolute atomic E-state index is 13.1. The van der Waals surface area contributed by atoms with E-state index in [0.29, 0.717) is 0 Å². The van der Waals surface area contributed by atoms with Gasteiger partial charge in [0.1, 0.15) is 5.60 Å². The Labute approximate surface area is 98.0 Å². The Kier molecular flexibility index (Phi) is 3.89. The molecule has 9 heteroatoms. The van der Waals surface area contributed by atoms with Gasteiger partial charge in [0.15, 0.2) is 0 Å². The SMILES string of the molecule is CC1OCC1(C)OC(F)(F)C(F)(F)C(F)C(F)F. The van der Waals surface area contributed by atoms with Crippen LogP contribution in [0.25, 0.3) is 0 Å². The monoisotopic (exact) mass is 284 g/mol. The lowest BCUT2D eigenvalue weighted by atomic mass is 9.95. The van der Waals surface area contributed by atoms with Crippen LogP contribution in [0, 0.1) is 0 Å². The summed E-state index contributed by atoms with van der Waals surface area (Å²) < 4.78 is 96.6. The third kappa shape index (κ3) is 2.42.